The molecule has 0 bridgehead atoms. The lowest BCUT2D eigenvalue weighted by atomic mass is 9.93. The summed E-state index contributed by atoms with van der Waals surface area (Å²) in [7, 11) is 0. The normalized spacial score (nSPS) is 21.7. The number of rotatable bonds is 1. The van der Waals surface area contributed by atoms with Crippen molar-refractivity contribution in [3.05, 3.63) is 17.5 Å². The molecular weight excluding hydrogens is 194 g/mol. The molecule has 1 aliphatic rings. The van der Waals surface area contributed by atoms with Crippen LogP contribution in [0.15, 0.2) is 6.20 Å². The molecule has 5 heteroatoms. The Hall–Kier alpha value is -1.52. The van der Waals surface area contributed by atoms with Gasteiger partial charge in [0, 0.05) is 24.7 Å². The van der Waals surface area contributed by atoms with Gasteiger partial charge in [-0.15, -0.1) is 0 Å². The second kappa shape index (κ2) is 3.92. The topological polar surface area (TPSA) is 69.2 Å². The van der Waals surface area contributed by atoms with Crippen LogP contribution in [0.5, 0.6) is 0 Å². The minimum Gasteiger partial charge on any atom is -0.465 e. The fraction of sp³-hybridized carbons (Fsp3) is 0.600. The molecule has 0 saturated carbocycles. The Morgan fingerprint density at radius 3 is 3.13 bits per heavy atom. The van der Waals surface area contributed by atoms with Gasteiger partial charge in [-0.3, -0.25) is 5.10 Å². The smallest absolute Gasteiger partial charge is 0.407 e. The second-order valence-electron chi connectivity index (χ2n) is 4.03. The molecule has 82 valence electrons. The maximum Gasteiger partial charge on any atom is 0.407 e. The summed E-state index contributed by atoms with van der Waals surface area (Å²) in [6.07, 6.45) is 2.92. The van der Waals surface area contributed by atoms with Gasteiger partial charge in [-0.05, 0) is 25.3 Å². The van der Waals surface area contributed by atoms with Gasteiger partial charge in [-0.2, -0.15) is 5.10 Å². The highest BCUT2D eigenvalue weighted by molar-refractivity contribution is 5.65. The van der Waals surface area contributed by atoms with Crippen LogP contribution < -0.4 is 0 Å². The van der Waals surface area contributed by atoms with Gasteiger partial charge in [0.1, 0.15) is 0 Å². The summed E-state index contributed by atoms with van der Waals surface area (Å²) in [6, 6.07) is 0. The Morgan fingerprint density at radius 2 is 2.53 bits per heavy atom. The molecule has 2 N–H and O–H groups in total. The average molecular weight is 209 g/mol. The number of aromatic nitrogens is 2. The first kappa shape index (κ1) is 10.0. The molecule has 2 heterocycles. The molecule has 1 atom stereocenters. The largest absolute Gasteiger partial charge is 0.465 e. The molecular formula is C10H15N3O2. The van der Waals surface area contributed by atoms with Crippen molar-refractivity contribution < 1.29 is 9.90 Å². The van der Waals surface area contributed by atoms with Crippen molar-refractivity contribution in [2.75, 3.05) is 13.1 Å². The van der Waals surface area contributed by atoms with E-state index in [1.54, 1.807) is 6.20 Å². The summed E-state index contributed by atoms with van der Waals surface area (Å²) < 4.78 is 0. The lowest BCUT2D eigenvalue weighted by molar-refractivity contribution is 0.130. The van der Waals surface area contributed by atoms with Crippen molar-refractivity contribution >= 4 is 6.09 Å². The third-order valence-electron chi connectivity index (χ3n) is 2.97. The maximum absolute atomic E-state index is 10.9. The van der Waals surface area contributed by atoms with Gasteiger partial charge in [0.05, 0.1) is 6.20 Å². The lowest BCUT2D eigenvalue weighted by Crippen LogP contribution is -2.38. The molecule has 1 unspecified atom stereocenters. The Bertz CT molecular complexity index is 361. The Kier molecular flexibility index (Phi) is 2.62. The van der Waals surface area contributed by atoms with Crippen LogP contribution in [0.25, 0.3) is 0 Å². The van der Waals surface area contributed by atoms with Crippen molar-refractivity contribution in [3.8, 4) is 0 Å². The zero-order chi connectivity index (χ0) is 10.8. The van der Waals surface area contributed by atoms with Crippen LogP contribution in [-0.4, -0.2) is 39.4 Å². The SMILES string of the molecule is Cc1cn[nH]c1C1CCCN(C(=O)O)C1. The van der Waals surface area contributed by atoms with E-state index >= 15 is 0 Å². The monoisotopic (exact) mass is 209 g/mol. The lowest BCUT2D eigenvalue weighted by Gasteiger charge is -2.30. The summed E-state index contributed by atoms with van der Waals surface area (Å²) >= 11 is 0. The quantitative estimate of drug-likeness (QED) is 0.737. The molecule has 1 fully saturated rings. The van der Waals surface area contributed by atoms with E-state index in [-0.39, 0.29) is 5.92 Å². The highest BCUT2D eigenvalue weighted by Crippen LogP contribution is 2.27. The number of nitrogens with one attached hydrogen (secondary N) is 1. The molecule has 1 amide bonds. The number of likely N-dealkylation sites (tertiary alicyclic amines) is 1. The standard InChI is InChI=1S/C10H15N3O2/c1-7-5-11-12-9(7)8-3-2-4-13(6-8)10(14)15/h5,8H,2-4,6H2,1H3,(H,11,12)(H,14,15). The number of carbonyl (C=O) groups is 1. The third-order valence-corrected chi connectivity index (χ3v) is 2.97. The van der Waals surface area contributed by atoms with E-state index in [0.717, 1.165) is 24.1 Å². The first-order valence-electron chi connectivity index (χ1n) is 5.16. The molecule has 5 nitrogen and oxygen atoms in total. The number of piperidine rings is 1. The van der Waals surface area contributed by atoms with Gasteiger partial charge >= 0.3 is 6.09 Å². The van der Waals surface area contributed by atoms with Gasteiger partial charge in [-0.25, -0.2) is 4.79 Å². The second-order valence-corrected chi connectivity index (χ2v) is 4.03. The molecule has 1 aromatic heterocycles. The minimum atomic E-state index is -0.822. The number of aromatic amines is 1. The average Bonchev–Trinajstić information content (AvgIpc) is 2.64. The Labute approximate surface area is 88.1 Å². The van der Waals surface area contributed by atoms with E-state index in [1.807, 2.05) is 6.92 Å². The summed E-state index contributed by atoms with van der Waals surface area (Å²) in [6.45, 7) is 3.23. The summed E-state index contributed by atoms with van der Waals surface area (Å²) in [5.74, 6) is 0.275. The van der Waals surface area contributed by atoms with Crippen molar-refractivity contribution in [1.29, 1.82) is 0 Å². The first-order chi connectivity index (χ1) is 7.18. The van der Waals surface area contributed by atoms with Crippen LogP contribution in [0.2, 0.25) is 0 Å². The fourth-order valence-corrected chi connectivity index (χ4v) is 2.16. The van der Waals surface area contributed by atoms with Gasteiger partial charge in [-0.1, -0.05) is 0 Å². The molecule has 2 rings (SSSR count). The van der Waals surface area contributed by atoms with Crippen LogP contribution in [0.1, 0.15) is 30.0 Å². The first-order valence-corrected chi connectivity index (χ1v) is 5.16. The molecule has 0 aliphatic carbocycles. The number of carboxylic acid groups (broad SMARTS) is 1. The Morgan fingerprint density at radius 1 is 1.73 bits per heavy atom. The van der Waals surface area contributed by atoms with Gasteiger partial charge < -0.3 is 10.0 Å². The van der Waals surface area contributed by atoms with Crippen molar-refractivity contribution in [2.24, 2.45) is 0 Å². The van der Waals surface area contributed by atoms with Crippen molar-refractivity contribution in [1.82, 2.24) is 15.1 Å². The molecule has 1 saturated heterocycles. The fourth-order valence-electron chi connectivity index (χ4n) is 2.16. The van der Waals surface area contributed by atoms with Gasteiger partial charge in [0.2, 0.25) is 0 Å². The number of hydrogen-bond acceptors (Lipinski definition) is 2. The zero-order valence-electron chi connectivity index (χ0n) is 8.73. The van der Waals surface area contributed by atoms with Crippen LogP contribution >= 0.6 is 0 Å². The highest BCUT2D eigenvalue weighted by atomic mass is 16.4. The van der Waals surface area contributed by atoms with Crippen LogP contribution in [0.4, 0.5) is 4.79 Å². The number of hydrogen-bond donors (Lipinski definition) is 2. The predicted molar refractivity (Wildman–Crippen MR) is 54.9 cm³/mol. The van der Waals surface area contributed by atoms with E-state index in [9.17, 15) is 4.79 Å². The number of amides is 1. The van der Waals surface area contributed by atoms with Crippen LogP contribution in [-0.2, 0) is 0 Å². The van der Waals surface area contributed by atoms with Gasteiger partial charge in [0.15, 0.2) is 0 Å². The number of nitrogens with zero attached hydrogens (tertiary/aromatic N) is 2. The van der Waals surface area contributed by atoms with E-state index in [4.69, 9.17) is 5.11 Å². The van der Waals surface area contributed by atoms with E-state index < -0.39 is 6.09 Å². The van der Waals surface area contributed by atoms with Crippen LogP contribution in [0, 0.1) is 6.92 Å². The van der Waals surface area contributed by atoms with E-state index in [0.29, 0.717) is 13.1 Å². The number of H-pyrrole nitrogens is 1. The highest BCUT2D eigenvalue weighted by Gasteiger charge is 2.26. The maximum atomic E-state index is 10.9. The predicted octanol–water partition coefficient (Wildman–Crippen LogP) is 1.58. The van der Waals surface area contributed by atoms with Crippen molar-refractivity contribution in [2.45, 2.75) is 25.7 Å². The summed E-state index contributed by atoms with van der Waals surface area (Å²) in [5, 5.41) is 15.9. The third kappa shape index (κ3) is 1.95. The van der Waals surface area contributed by atoms with Gasteiger partial charge in [0.25, 0.3) is 0 Å². The molecule has 1 aliphatic heterocycles. The minimum absolute atomic E-state index is 0.275. The molecule has 0 aromatic carbocycles. The van der Waals surface area contributed by atoms with E-state index in [2.05, 4.69) is 10.2 Å². The molecule has 0 spiro atoms. The summed E-state index contributed by atoms with van der Waals surface area (Å²) in [4.78, 5) is 12.3. The molecule has 0 radical (unpaired) electrons. The Balaban J connectivity index is 2.11. The van der Waals surface area contributed by atoms with E-state index in [1.165, 1.54) is 4.90 Å². The zero-order valence-corrected chi connectivity index (χ0v) is 8.73. The van der Waals surface area contributed by atoms with Crippen LogP contribution in [0.3, 0.4) is 0 Å². The summed E-state index contributed by atoms with van der Waals surface area (Å²) in [5.41, 5.74) is 2.20. The number of aryl methyl sites for hydroxylation is 1. The van der Waals surface area contributed by atoms with Crippen molar-refractivity contribution in [3.63, 3.8) is 0 Å². The molecule has 1 aromatic rings. The molecule has 15 heavy (non-hydrogen) atoms.